The van der Waals surface area contributed by atoms with Gasteiger partial charge in [-0.15, -0.1) is 0 Å². The van der Waals surface area contributed by atoms with E-state index in [-0.39, 0.29) is 11.8 Å². The first-order valence-electron chi connectivity index (χ1n) is 9.66. The highest BCUT2D eigenvalue weighted by atomic mass is 16.5. The second kappa shape index (κ2) is 7.91. The summed E-state index contributed by atoms with van der Waals surface area (Å²) in [5.41, 5.74) is 3.09. The number of nitrogens with zero attached hydrogens (tertiary/aromatic N) is 3. The van der Waals surface area contributed by atoms with Gasteiger partial charge in [0.2, 0.25) is 5.91 Å². The number of para-hydroxylation sites is 1. The van der Waals surface area contributed by atoms with E-state index in [1.54, 1.807) is 18.9 Å². The molecule has 0 unspecified atom stereocenters. The van der Waals surface area contributed by atoms with Gasteiger partial charge in [0, 0.05) is 44.1 Å². The first-order chi connectivity index (χ1) is 14.1. The summed E-state index contributed by atoms with van der Waals surface area (Å²) in [6, 6.07) is 17.2. The lowest BCUT2D eigenvalue weighted by Gasteiger charge is -2.34. The number of piperazine rings is 1. The zero-order valence-corrected chi connectivity index (χ0v) is 16.6. The predicted molar refractivity (Wildman–Crippen MR) is 112 cm³/mol. The highest BCUT2D eigenvalue weighted by molar-refractivity contribution is 6.07. The first kappa shape index (κ1) is 18.9. The molecule has 0 atom stereocenters. The van der Waals surface area contributed by atoms with Crippen LogP contribution in [-0.2, 0) is 4.79 Å². The van der Waals surface area contributed by atoms with Gasteiger partial charge in [-0.3, -0.25) is 9.59 Å². The average molecular weight is 389 g/mol. The number of rotatable bonds is 3. The highest BCUT2D eigenvalue weighted by Gasteiger charge is 2.25. The number of aromatic nitrogens is 1. The Labute approximate surface area is 169 Å². The maximum absolute atomic E-state index is 13.3. The lowest BCUT2D eigenvalue weighted by atomic mass is 10.0. The van der Waals surface area contributed by atoms with Crippen molar-refractivity contribution in [3.05, 3.63) is 60.2 Å². The molecule has 2 amide bonds. The van der Waals surface area contributed by atoms with E-state index in [1.165, 1.54) is 0 Å². The molecule has 1 fully saturated rings. The number of methoxy groups -OCH3 is 1. The van der Waals surface area contributed by atoms with Crippen molar-refractivity contribution in [2.75, 3.05) is 33.3 Å². The number of carbonyl (C=O) groups excluding carboxylic acids is 2. The van der Waals surface area contributed by atoms with E-state index >= 15 is 0 Å². The van der Waals surface area contributed by atoms with E-state index in [4.69, 9.17) is 9.72 Å². The molecule has 6 nitrogen and oxygen atoms in total. The third-order valence-electron chi connectivity index (χ3n) is 5.34. The first-order valence-corrected chi connectivity index (χ1v) is 9.66. The van der Waals surface area contributed by atoms with Crippen molar-refractivity contribution in [2.24, 2.45) is 0 Å². The van der Waals surface area contributed by atoms with Gasteiger partial charge in [0.15, 0.2) is 0 Å². The molecule has 2 aromatic carbocycles. The average Bonchev–Trinajstić information content (AvgIpc) is 2.78. The maximum atomic E-state index is 13.3. The van der Waals surface area contributed by atoms with Crippen LogP contribution in [0.1, 0.15) is 17.3 Å². The van der Waals surface area contributed by atoms with Crippen LogP contribution in [0.25, 0.3) is 22.2 Å². The molecule has 0 bridgehead atoms. The van der Waals surface area contributed by atoms with Gasteiger partial charge in [-0.1, -0.05) is 18.2 Å². The van der Waals surface area contributed by atoms with Crippen LogP contribution < -0.4 is 4.74 Å². The van der Waals surface area contributed by atoms with Crippen LogP contribution in [0.2, 0.25) is 0 Å². The summed E-state index contributed by atoms with van der Waals surface area (Å²) in [6.07, 6.45) is 0. The molecule has 4 rings (SSSR count). The van der Waals surface area contributed by atoms with Crippen molar-refractivity contribution >= 4 is 22.7 Å². The lowest BCUT2D eigenvalue weighted by molar-refractivity contribution is -0.130. The topological polar surface area (TPSA) is 62.7 Å². The number of ether oxygens (including phenoxy) is 1. The fourth-order valence-corrected chi connectivity index (χ4v) is 3.66. The van der Waals surface area contributed by atoms with Crippen molar-refractivity contribution in [1.82, 2.24) is 14.8 Å². The smallest absolute Gasteiger partial charge is 0.254 e. The van der Waals surface area contributed by atoms with Gasteiger partial charge in [-0.25, -0.2) is 4.98 Å². The molecule has 1 aliphatic heterocycles. The number of amides is 2. The van der Waals surface area contributed by atoms with E-state index < -0.39 is 0 Å². The molecule has 0 saturated carbocycles. The Morgan fingerprint density at radius 2 is 1.59 bits per heavy atom. The fraction of sp³-hybridized carbons (Fsp3) is 0.261. The van der Waals surface area contributed by atoms with Gasteiger partial charge in [-0.05, 0) is 36.4 Å². The molecule has 0 radical (unpaired) electrons. The summed E-state index contributed by atoms with van der Waals surface area (Å²) >= 11 is 0. The SMILES string of the molecule is COc1ccc(-c2cc(C(=O)N3CCN(C(C)=O)CC3)c3ccccc3n2)cc1. The van der Waals surface area contributed by atoms with Crippen LogP contribution in [0.15, 0.2) is 54.6 Å². The third-order valence-corrected chi connectivity index (χ3v) is 5.34. The Morgan fingerprint density at radius 3 is 2.24 bits per heavy atom. The summed E-state index contributed by atoms with van der Waals surface area (Å²) in [5, 5.41) is 0.837. The number of pyridine rings is 1. The minimum atomic E-state index is -0.0263. The van der Waals surface area contributed by atoms with Crippen LogP contribution in [-0.4, -0.2) is 59.9 Å². The van der Waals surface area contributed by atoms with Gasteiger partial charge in [0.25, 0.3) is 5.91 Å². The van der Waals surface area contributed by atoms with Gasteiger partial charge in [0.1, 0.15) is 5.75 Å². The predicted octanol–water partition coefficient (Wildman–Crippen LogP) is 3.21. The quantitative estimate of drug-likeness (QED) is 0.690. The van der Waals surface area contributed by atoms with E-state index in [9.17, 15) is 9.59 Å². The maximum Gasteiger partial charge on any atom is 0.254 e. The summed E-state index contributed by atoms with van der Waals surface area (Å²) in [7, 11) is 1.63. The standard InChI is InChI=1S/C23H23N3O3/c1-16(27)25-11-13-26(14-12-25)23(28)20-15-22(17-7-9-18(29-2)10-8-17)24-21-6-4-3-5-19(20)21/h3-10,15H,11-14H2,1-2H3. The van der Waals surface area contributed by atoms with Gasteiger partial charge in [-0.2, -0.15) is 0 Å². The van der Waals surface area contributed by atoms with Crippen molar-refractivity contribution in [2.45, 2.75) is 6.92 Å². The monoisotopic (exact) mass is 389 g/mol. The van der Waals surface area contributed by atoms with Crippen LogP contribution in [0.4, 0.5) is 0 Å². The van der Waals surface area contributed by atoms with Gasteiger partial charge >= 0.3 is 0 Å². The van der Waals surface area contributed by atoms with E-state index in [1.807, 2.05) is 59.5 Å². The lowest BCUT2D eigenvalue weighted by Crippen LogP contribution is -2.50. The molecule has 1 saturated heterocycles. The zero-order valence-electron chi connectivity index (χ0n) is 16.6. The molecule has 0 aliphatic carbocycles. The molecule has 0 spiro atoms. The third kappa shape index (κ3) is 3.78. The molecule has 1 aliphatic rings. The second-order valence-electron chi connectivity index (χ2n) is 7.10. The summed E-state index contributed by atoms with van der Waals surface area (Å²) in [4.78, 5) is 33.3. The van der Waals surface area contributed by atoms with Crippen LogP contribution >= 0.6 is 0 Å². The van der Waals surface area contributed by atoms with Crippen LogP contribution in [0.3, 0.4) is 0 Å². The molecule has 6 heteroatoms. The van der Waals surface area contributed by atoms with Crippen LogP contribution in [0, 0.1) is 0 Å². The Kier molecular flexibility index (Phi) is 5.16. The normalized spacial score (nSPS) is 14.1. The Morgan fingerprint density at radius 1 is 0.931 bits per heavy atom. The molecule has 0 N–H and O–H groups in total. The summed E-state index contributed by atoms with van der Waals surface area (Å²) in [5.74, 6) is 0.795. The van der Waals surface area contributed by atoms with Gasteiger partial charge in [0.05, 0.1) is 23.9 Å². The Balaban J connectivity index is 1.71. The van der Waals surface area contributed by atoms with Crippen molar-refractivity contribution < 1.29 is 14.3 Å². The highest BCUT2D eigenvalue weighted by Crippen LogP contribution is 2.27. The zero-order chi connectivity index (χ0) is 20.4. The summed E-state index contributed by atoms with van der Waals surface area (Å²) < 4.78 is 5.23. The fourth-order valence-electron chi connectivity index (χ4n) is 3.66. The van der Waals surface area contributed by atoms with Gasteiger partial charge < -0.3 is 14.5 Å². The van der Waals surface area contributed by atoms with E-state index in [0.717, 1.165) is 27.9 Å². The molecule has 1 aromatic heterocycles. The molecule has 2 heterocycles. The minimum Gasteiger partial charge on any atom is -0.497 e. The number of fused-ring (bicyclic) bond motifs is 1. The molecular formula is C23H23N3O3. The number of hydrogen-bond donors (Lipinski definition) is 0. The number of carbonyl (C=O) groups is 2. The number of benzene rings is 2. The minimum absolute atomic E-state index is 0.0263. The van der Waals surface area contributed by atoms with Crippen molar-refractivity contribution in [1.29, 1.82) is 0 Å². The van der Waals surface area contributed by atoms with Crippen molar-refractivity contribution in [3.8, 4) is 17.0 Å². The van der Waals surface area contributed by atoms with E-state index in [2.05, 4.69) is 0 Å². The Bertz CT molecular complexity index is 1050. The molecule has 148 valence electrons. The Hall–Kier alpha value is -3.41. The molecule has 29 heavy (non-hydrogen) atoms. The number of hydrogen-bond acceptors (Lipinski definition) is 4. The van der Waals surface area contributed by atoms with Crippen molar-refractivity contribution in [3.63, 3.8) is 0 Å². The van der Waals surface area contributed by atoms with Crippen LogP contribution in [0.5, 0.6) is 5.75 Å². The summed E-state index contributed by atoms with van der Waals surface area (Å²) in [6.45, 7) is 3.76. The second-order valence-corrected chi connectivity index (χ2v) is 7.10. The largest absolute Gasteiger partial charge is 0.497 e. The molecule has 3 aromatic rings. The van der Waals surface area contributed by atoms with E-state index in [0.29, 0.717) is 31.7 Å². The molecular weight excluding hydrogens is 366 g/mol.